The Morgan fingerprint density at radius 2 is 2.20 bits per heavy atom. The van der Waals surface area contributed by atoms with Crippen LogP contribution in [0.15, 0.2) is 12.1 Å². The lowest BCUT2D eigenvalue weighted by Gasteiger charge is -1.51. The predicted molar refractivity (Wildman–Crippen MR) is 21.0 cm³/mol. The molecule has 2 radical (unpaired) electrons. The summed E-state index contributed by atoms with van der Waals surface area (Å²) in [7, 11) is 4.73. The van der Waals surface area contributed by atoms with Crippen LogP contribution in [0.2, 0.25) is 0 Å². The molecule has 0 heterocycles. The van der Waals surface area contributed by atoms with Gasteiger partial charge in [0.05, 0.1) is 0 Å². The standard InChI is InChI=1S/C3H3BO/c4-2-1-3-5/h1-3H/b2-1+. The Kier molecular flexibility index (Phi) is 3.11. The Morgan fingerprint density at radius 3 is 2.20 bits per heavy atom. The molecule has 0 saturated carbocycles. The molecule has 0 aromatic carbocycles. The first-order chi connectivity index (χ1) is 2.41. The number of carbonyl (C=O) groups excluding carboxylic acids is 1. The smallest absolute Gasteiger partial charge is 0.141 e. The van der Waals surface area contributed by atoms with Crippen LogP contribution < -0.4 is 0 Å². The number of allylic oxidation sites excluding steroid dienone is 1. The Hall–Kier alpha value is -0.525. The molecule has 0 N–H and O–H groups in total. The highest BCUT2D eigenvalue weighted by molar-refractivity contribution is 6.18. The van der Waals surface area contributed by atoms with Gasteiger partial charge in [0.25, 0.3) is 0 Å². The van der Waals surface area contributed by atoms with E-state index in [2.05, 4.69) is 0 Å². The summed E-state index contributed by atoms with van der Waals surface area (Å²) in [5.41, 5.74) is 0. The highest BCUT2D eigenvalue weighted by Crippen LogP contribution is 1.48. The first-order valence-corrected chi connectivity index (χ1v) is 1.24. The molecular formula is C3H3BO. The molecule has 0 unspecified atom stereocenters. The van der Waals surface area contributed by atoms with Crippen LogP contribution in [0.3, 0.4) is 0 Å². The summed E-state index contributed by atoms with van der Waals surface area (Å²) in [5, 5.41) is 0. The van der Waals surface area contributed by atoms with Crippen molar-refractivity contribution in [3.8, 4) is 0 Å². The zero-order valence-electron chi connectivity index (χ0n) is 2.72. The van der Waals surface area contributed by atoms with E-state index in [9.17, 15) is 4.79 Å². The van der Waals surface area contributed by atoms with Crippen LogP contribution in [-0.2, 0) is 4.79 Å². The second kappa shape index (κ2) is 3.47. The summed E-state index contributed by atoms with van der Waals surface area (Å²) in [6.07, 6.45) is 1.85. The lowest BCUT2D eigenvalue weighted by Crippen LogP contribution is -1.54. The Morgan fingerprint density at radius 1 is 1.60 bits per heavy atom. The molecule has 0 amide bonds. The van der Waals surface area contributed by atoms with Gasteiger partial charge in [-0.15, -0.1) is 5.98 Å². The molecule has 0 aromatic heterocycles. The molecule has 0 aliphatic heterocycles. The minimum Gasteiger partial charge on any atom is -0.299 e. The van der Waals surface area contributed by atoms with Crippen molar-refractivity contribution in [3.63, 3.8) is 0 Å². The van der Waals surface area contributed by atoms with Crippen LogP contribution >= 0.6 is 0 Å². The van der Waals surface area contributed by atoms with E-state index in [1.54, 1.807) is 0 Å². The van der Waals surface area contributed by atoms with Crippen molar-refractivity contribution in [2.24, 2.45) is 0 Å². The fraction of sp³-hybridized carbons (Fsp3) is 0. The highest BCUT2D eigenvalue weighted by Gasteiger charge is 1.48. The number of hydrogen-bond donors (Lipinski definition) is 0. The zero-order valence-corrected chi connectivity index (χ0v) is 2.72. The molecule has 0 aliphatic rings. The molecule has 0 aliphatic carbocycles. The fourth-order valence-corrected chi connectivity index (χ4v) is 0.0454. The Labute approximate surface area is 32.1 Å². The van der Waals surface area contributed by atoms with Crippen molar-refractivity contribution < 1.29 is 4.79 Å². The lowest BCUT2D eigenvalue weighted by atomic mass is 10.1. The number of aldehydes is 1. The van der Waals surface area contributed by atoms with E-state index < -0.39 is 0 Å². The summed E-state index contributed by atoms with van der Waals surface area (Å²) in [4.78, 5) is 9.24. The summed E-state index contributed by atoms with van der Waals surface area (Å²) < 4.78 is 0. The van der Waals surface area contributed by atoms with Crippen LogP contribution in [0.4, 0.5) is 0 Å². The third-order valence-corrected chi connectivity index (χ3v) is 0.190. The van der Waals surface area contributed by atoms with Crippen LogP contribution in [0, 0.1) is 0 Å². The maximum Gasteiger partial charge on any atom is 0.141 e. The summed E-state index contributed by atoms with van der Waals surface area (Å²) >= 11 is 0. The second-order valence-corrected chi connectivity index (χ2v) is 0.521. The molecule has 0 aromatic rings. The topological polar surface area (TPSA) is 17.1 Å². The Bertz CT molecular complexity index is 48.9. The maximum atomic E-state index is 9.24. The van der Waals surface area contributed by atoms with Crippen molar-refractivity contribution in [2.75, 3.05) is 0 Å². The van der Waals surface area contributed by atoms with Crippen molar-refractivity contribution in [2.45, 2.75) is 0 Å². The molecule has 1 nitrogen and oxygen atoms in total. The van der Waals surface area contributed by atoms with E-state index in [-0.39, 0.29) is 0 Å². The number of carbonyl (C=O) groups is 1. The Balaban J connectivity index is 2.92. The van der Waals surface area contributed by atoms with Gasteiger partial charge in [0, 0.05) is 0 Å². The third-order valence-electron chi connectivity index (χ3n) is 0.190. The van der Waals surface area contributed by atoms with Gasteiger partial charge in [-0.3, -0.25) is 4.79 Å². The van der Waals surface area contributed by atoms with Gasteiger partial charge in [0.15, 0.2) is 0 Å². The minimum atomic E-state index is 0.625. The molecule has 0 fully saturated rings. The van der Waals surface area contributed by atoms with E-state index in [4.69, 9.17) is 7.85 Å². The van der Waals surface area contributed by atoms with Crippen molar-refractivity contribution in [1.82, 2.24) is 0 Å². The van der Waals surface area contributed by atoms with Crippen molar-refractivity contribution >= 4 is 14.1 Å². The van der Waals surface area contributed by atoms with Gasteiger partial charge in [0.2, 0.25) is 0 Å². The highest BCUT2D eigenvalue weighted by atomic mass is 16.1. The summed E-state index contributed by atoms with van der Waals surface area (Å²) in [6, 6.07) is 0. The lowest BCUT2D eigenvalue weighted by molar-refractivity contribution is -0.104. The van der Waals surface area contributed by atoms with Gasteiger partial charge < -0.3 is 0 Å². The molecule has 0 atom stereocenters. The monoisotopic (exact) mass is 66.0 g/mol. The SMILES string of the molecule is [B]/C=C/C=O. The van der Waals surface area contributed by atoms with Crippen molar-refractivity contribution in [3.05, 3.63) is 12.1 Å². The normalized spacial score (nSPS) is 8.80. The maximum absolute atomic E-state index is 9.24. The van der Waals surface area contributed by atoms with E-state index in [0.29, 0.717) is 6.29 Å². The minimum absolute atomic E-state index is 0.625. The van der Waals surface area contributed by atoms with Crippen LogP contribution in [0.5, 0.6) is 0 Å². The summed E-state index contributed by atoms with van der Waals surface area (Å²) in [5.74, 6) is 1.19. The largest absolute Gasteiger partial charge is 0.299 e. The third kappa shape index (κ3) is 3.47. The van der Waals surface area contributed by atoms with Gasteiger partial charge in [0.1, 0.15) is 14.1 Å². The van der Waals surface area contributed by atoms with Gasteiger partial charge in [-0.1, -0.05) is 0 Å². The molecule has 0 bridgehead atoms. The summed E-state index contributed by atoms with van der Waals surface area (Å²) in [6.45, 7) is 0. The van der Waals surface area contributed by atoms with Crippen LogP contribution in [0.1, 0.15) is 0 Å². The van der Waals surface area contributed by atoms with E-state index in [1.807, 2.05) is 0 Å². The molecular weight excluding hydrogens is 62.8 g/mol. The zero-order chi connectivity index (χ0) is 4.12. The molecule has 0 rings (SSSR count). The molecule has 0 saturated heterocycles. The first kappa shape index (κ1) is 4.47. The number of rotatable bonds is 1. The fourth-order valence-electron chi connectivity index (χ4n) is 0.0454. The van der Waals surface area contributed by atoms with Gasteiger partial charge >= 0.3 is 0 Å². The molecule has 5 heavy (non-hydrogen) atoms. The van der Waals surface area contributed by atoms with Crippen LogP contribution in [-0.4, -0.2) is 14.1 Å². The number of hydrogen-bond acceptors (Lipinski definition) is 1. The average molecular weight is 65.9 g/mol. The van der Waals surface area contributed by atoms with E-state index in [1.165, 1.54) is 12.1 Å². The van der Waals surface area contributed by atoms with Crippen LogP contribution in [0.25, 0.3) is 0 Å². The van der Waals surface area contributed by atoms with Gasteiger partial charge in [-0.2, -0.15) is 0 Å². The van der Waals surface area contributed by atoms with Crippen molar-refractivity contribution in [1.29, 1.82) is 0 Å². The van der Waals surface area contributed by atoms with E-state index in [0.717, 1.165) is 0 Å². The first-order valence-electron chi connectivity index (χ1n) is 1.24. The molecule has 2 heteroatoms. The van der Waals surface area contributed by atoms with Gasteiger partial charge in [-0.05, 0) is 6.08 Å². The molecule has 0 spiro atoms. The predicted octanol–water partition coefficient (Wildman–Crippen LogP) is -0.133. The van der Waals surface area contributed by atoms with E-state index >= 15 is 0 Å². The second-order valence-electron chi connectivity index (χ2n) is 0.521. The van der Waals surface area contributed by atoms with Gasteiger partial charge in [-0.25, -0.2) is 0 Å². The molecule has 24 valence electrons. The quantitative estimate of drug-likeness (QED) is 0.236. The average Bonchev–Trinajstić information content (AvgIpc) is 1.41.